The van der Waals surface area contributed by atoms with E-state index in [9.17, 15) is 14.4 Å². The summed E-state index contributed by atoms with van der Waals surface area (Å²) in [5.74, 6) is -0.994. The fourth-order valence-electron chi connectivity index (χ4n) is 3.53. The molecular weight excluding hydrogens is 436 g/mol. The molecular formula is C23H24N8O3. The van der Waals surface area contributed by atoms with Crippen LogP contribution in [0.1, 0.15) is 42.2 Å². The molecule has 0 saturated carbocycles. The molecule has 0 bridgehead atoms. The predicted octanol–water partition coefficient (Wildman–Crippen LogP) is 1.57. The van der Waals surface area contributed by atoms with Gasteiger partial charge in [-0.25, -0.2) is 9.36 Å². The van der Waals surface area contributed by atoms with E-state index in [0.717, 1.165) is 30.5 Å². The van der Waals surface area contributed by atoms with Crippen LogP contribution >= 0.6 is 0 Å². The molecule has 0 aliphatic carbocycles. The van der Waals surface area contributed by atoms with E-state index in [4.69, 9.17) is 0 Å². The SMILES string of the molecule is CCCCCn1nc(C(=O)NNC(=O)Cc2ccc(-n3cnnn3)cc2)c2ccccc2c1=O. The van der Waals surface area contributed by atoms with E-state index in [0.29, 0.717) is 17.3 Å². The van der Waals surface area contributed by atoms with E-state index in [1.807, 2.05) is 0 Å². The van der Waals surface area contributed by atoms with Crippen LogP contribution < -0.4 is 16.4 Å². The van der Waals surface area contributed by atoms with Crippen molar-refractivity contribution in [2.75, 3.05) is 0 Å². The average molecular weight is 460 g/mol. The topological polar surface area (TPSA) is 137 Å². The van der Waals surface area contributed by atoms with Gasteiger partial charge in [-0.05, 0) is 40.6 Å². The molecule has 0 unspecified atom stereocenters. The molecule has 2 heterocycles. The largest absolute Gasteiger partial charge is 0.290 e. The summed E-state index contributed by atoms with van der Waals surface area (Å²) < 4.78 is 2.82. The first kappa shape index (κ1) is 22.8. The van der Waals surface area contributed by atoms with Crippen molar-refractivity contribution in [1.82, 2.24) is 40.8 Å². The number of tetrazole rings is 1. The Morgan fingerprint density at radius 3 is 2.44 bits per heavy atom. The van der Waals surface area contributed by atoms with Gasteiger partial charge in [0.15, 0.2) is 5.69 Å². The van der Waals surface area contributed by atoms with Crippen molar-refractivity contribution in [3.63, 3.8) is 0 Å². The van der Waals surface area contributed by atoms with Gasteiger partial charge in [-0.2, -0.15) is 5.10 Å². The minimum atomic E-state index is -0.595. The molecule has 2 N–H and O–H groups in total. The number of aryl methyl sites for hydroxylation is 1. The van der Waals surface area contributed by atoms with Gasteiger partial charge in [-0.1, -0.05) is 50.1 Å². The summed E-state index contributed by atoms with van der Waals surface area (Å²) in [6, 6.07) is 13.9. The number of rotatable bonds is 8. The van der Waals surface area contributed by atoms with E-state index in [-0.39, 0.29) is 17.7 Å². The molecule has 34 heavy (non-hydrogen) atoms. The minimum Gasteiger partial charge on any atom is -0.273 e. The Hall–Kier alpha value is -4.41. The summed E-state index contributed by atoms with van der Waals surface area (Å²) in [4.78, 5) is 38.0. The molecule has 2 aromatic heterocycles. The fourth-order valence-corrected chi connectivity index (χ4v) is 3.53. The van der Waals surface area contributed by atoms with Crippen LogP contribution in [0.3, 0.4) is 0 Å². The Morgan fingerprint density at radius 2 is 1.74 bits per heavy atom. The molecule has 0 fully saturated rings. The maximum atomic E-state index is 12.9. The first-order valence-electron chi connectivity index (χ1n) is 11.0. The maximum absolute atomic E-state index is 12.9. The van der Waals surface area contributed by atoms with Gasteiger partial charge in [0.05, 0.1) is 17.5 Å². The molecule has 174 valence electrons. The lowest BCUT2D eigenvalue weighted by molar-refractivity contribution is -0.121. The average Bonchev–Trinajstić information content (AvgIpc) is 3.40. The van der Waals surface area contributed by atoms with Crippen molar-refractivity contribution < 1.29 is 9.59 Å². The quantitative estimate of drug-likeness (QED) is 0.301. The number of nitrogens with one attached hydrogen (secondary N) is 2. The fraction of sp³-hybridized carbons (Fsp3) is 0.261. The zero-order chi connectivity index (χ0) is 23.9. The van der Waals surface area contributed by atoms with Crippen molar-refractivity contribution >= 4 is 22.6 Å². The molecule has 0 atom stereocenters. The number of aromatic nitrogens is 6. The number of hydrogen-bond acceptors (Lipinski definition) is 7. The number of nitrogens with zero attached hydrogens (tertiary/aromatic N) is 6. The highest BCUT2D eigenvalue weighted by atomic mass is 16.2. The Kier molecular flexibility index (Phi) is 7.01. The summed E-state index contributed by atoms with van der Waals surface area (Å²) in [6.07, 6.45) is 4.27. The van der Waals surface area contributed by atoms with Crippen LogP contribution in [0.15, 0.2) is 59.7 Å². The molecule has 4 rings (SSSR count). The molecule has 2 amide bonds. The standard InChI is InChI=1S/C23H24N8O3/c1-2-3-6-13-30-23(34)19-8-5-4-7-18(19)21(27-30)22(33)26-25-20(32)14-16-9-11-17(12-10-16)31-15-24-28-29-31/h4-5,7-12,15H,2-3,6,13-14H2,1H3,(H,25,32)(H,26,33). The minimum absolute atomic E-state index is 0.0564. The van der Waals surface area contributed by atoms with Gasteiger partial charge in [0.25, 0.3) is 11.5 Å². The van der Waals surface area contributed by atoms with Crippen molar-refractivity contribution in [1.29, 1.82) is 0 Å². The first-order valence-corrected chi connectivity index (χ1v) is 11.0. The number of amides is 2. The molecule has 0 radical (unpaired) electrons. The van der Waals surface area contributed by atoms with Gasteiger partial charge >= 0.3 is 0 Å². The Morgan fingerprint density at radius 1 is 0.971 bits per heavy atom. The maximum Gasteiger partial charge on any atom is 0.290 e. The third kappa shape index (κ3) is 5.14. The molecule has 2 aromatic carbocycles. The monoisotopic (exact) mass is 460 g/mol. The van der Waals surface area contributed by atoms with E-state index < -0.39 is 11.8 Å². The molecule has 0 aliphatic heterocycles. The van der Waals surface area contributed by atoms with Crippen LogP contribution in [-0.4, -0.2) is 41.8 Å². The highest BCUT2D eigenvalue weighted by Crippen LogP contribution is 2.13. The van der Waals surface area contributed by atoms with Crippen LogP contribution in [0.5, 0.6) is 0 Å². The second-order valence-corrected chi connectivity index (χ2v) is 7.73. The second kappa shape index (κ2) is 10.5. The van der Waals surface area contributed by atoms with Crippen LogP contribution in [-0.2, 0) is 17.8 Å². The van der Waals surface area contributed by atoms with Gasteiger partial charge in [0.2, 0.25) is 5.91 Å². The van der Waals surface area contributed by atoms with Crippen LogP contribution in [0.25, 0.3) is 16.5 Å². The van der Waals surface area contributed by atoms with E-state index in [2.05, 4.69) is 38.4 Å². The van der Waals surface area contributed by atoms with Gasteiger partial charge in [-0.3, -0.25) is 25.2 Å². The molecule has 0 aliphatic rings. The molecule has 4 aromatic rings. The molecule has 0 saturated heterocycles. The van der Waals surface area contributed by atoms with Gasteiger partial charge < -0.3 is 0 Å². The predicted molar refractivity (Wildman–Crippen MR) is 124 cm³/mol. The van der Waals surface area contributed by atoms with E-state index in [1.54, 1.807) is 48.5 Å². The Bertz CT molecular complexity index is 1350. The second-order valence-electron chi connectivity index (χ2n) is 7.73. The summed E-state index contributed by atoms with van der Waals surface area (Å²) in [7, 11) is 0. The lowest BCUT2D eigenvalue weighted by atomic mass is 10.1. The number of carbonyl (C=O) groups excluding carboxylic acids is 2. The lowest BCUT2D eigenvalue weighted by Crippen LogP contribution is -2.43. The van der Waals surface area contributed by atoms with Crippen molar-refractivity contribution in [3.8, 4) is 5.69 Å². The number of hydrazine groups is 1. The third-order valence-electron chi connectivity index (χ3n) is 5.29. The number of carbonyl (C=O) groups is 2. The highest BCUT2D eigenvalue weighted by molar-refractivity contribution is 6.05. The molecule has 0 spiro atoms. The number of benzene rings is 2. The van der Waals surface area contributed by atoms with Gasteiger partial charge in [0, 0.05) is 11.9 Å². The van der Waals surface area contributed by atoms with E-state index in [1.165, 1.54) is 15.7 Å². The van der Waals surface area contributed by atoms with Crippen molar-refractivity contribution in [2.24, 2.45) is 0 Å². The summed E-state index contributed by atoms with van der Waals surface area (Å²) in [5, 5.41) is 16.1. The summed E-state index contributed by atoms with van der Waals surface area (Å²) in [6.45, 7) is 2.49. The summed E-state index contributed by atoms with van der Waals surface area (Å²) >= 11 is 0. The smallest absolute Gasteiger partial charge is 0.273 e. The van der Waals surface area contributed by atoms with Crippen molar-refractivity contribution in [2.45, 2.75) is 39.2 Å². The van der Waals surface area contributed by atoms with Crippen LogP contribution in [0.2, 0.25) is 0 Å². The molecule has 11 nitrogen and oxygen atoms in total. The first-order chi connectivity index (χ1) is 16.6. The van der Waals surface area contributed by atoms with Crippen molar-refractivity contribution in [3.05, 3.63) is 76.5 Å². The molecule has 11 heteroatoms. The van der Waals surface area contributed by atoms with E-state index >= 15 is 0 Å². The van der Waals surface area contributed by atoms with Crippen LogP contribution in [0, 0.1) is 0 Å². The normalized spacial score (nSPS) is 10.9. The lowest BCUT2D eigenvalue weighted by Gasteiger charge is -2.12. The number of unbranched alkanes of at least 4 members (excludes halogenated alkanes) is 2. The van der Waals surface area contributed by atoms with Gasteiger partial charge in [0.1, 0.15) is 6.33 Å². The highest BCUT2D eigenvalue weighted by Gasteiger charge is 2.17. The van der Waals surface area contributed by atoms with Crippen LogP contribution in [0.4, 0.5) is 0 Å². The Balaban J connectivity index is 1.44. The third-order valence-corrected chi connectivity index (χ3v) is 5.29. The number of hydrogen-bond donors (Lipinski definition) is 2. The van der Waals surface area contributed by atoms with Gasteiger partial charge in [-0.15, -0.1) is 5.10 Å². The zero-order valence-electron chi connectivity index (χ0n) is 18.6. The number of fused-ring (bicyclic) bond motifs is 1. The summed E-state index contributed by atoms with van der Waals surface area (Å²) in [5.41, 5.74) is 6.18. The Labute approximate surface area is 194 Å². The zero-order valence-corrected chi connectivity index (χ0v) is 18.6.